The van der Waals surface area contributed by atoms with Gasteiger partial charge in [0.05, 0.1) is 26.7 Å². The van der Waals surface area contributed by atoms with Crippen LogP contribution in [-0.2, 0) is 12.4 Å². The van der Waals surface area contributed by atoms with E-state index in [0.717, 1.165) is 6.07 Å². The van der Waals surface area contributed by atoms with Crippen molar-refractivity contribution in [1.29, 1.82) is 0 Å². The Morgan fingerprint density at radius 2 is 1.25 bits per heavy atom. The van der Waals surface area contributed by atoms with Crippen molar-refractivity contribution in [1.82, 2.24) is 4.90 Å². The standard InChI is InChI=1S/C14H7F6N5O4.C6H15N/c15-13(16,17)9-5-7(24(26)27)1-3-11(9)21-23-22-12-4-2-8(25(28)29)6-10(12)14(18,19)20;1-4-7(5-2)6-3/h1-6H,(H,21,22);4-6H2,1-3H3. The summed E-state index contributed by atoms with van der Waals surface area (Å²) in [5, 5.41) is 27.4. The van der Waals surface area contributed by atoms with Crippen molar-refractivity contribution in [3.8, 4) is 0 Å². The Morgan fingerprint density at radius 3 is 1.64 bits per heavy atom. The SMILES string of the molecule is CCN(CC)CC.O=[N+]([O-])c1ccc(N=NNc2ccc([N+](=O)[O-])cc2C(F)(F)F)c(C(F)(F)F)c1. The van der Waals surface area contributed by atoms with Gasteiger partial charge in [0.2, 0.25) is 0 Å². The number of non-ortho nitro benzene ring substituents is 2. The minimum Gasteiger partial charge on any atom is -0.304 e. The number of alkyl halides is 6. The Hall–Kier alpha value is -3.82. The largest absolute Gasteiger partial charge is 0.418 e. The van der Waals surface area contributed by atoms with Crippen molar-refractivity contribution in [2.45, 2.75) is 33.1 Å². The van der Waals surface area contributed by atoms with E-state index in [0.29, 0.717) is 18.2 Å². The van der Waals surface area contributed by atoms with Gasteiger partial charge in [-0.25, -0.2) is 0 Å². The van der Waals surface area contributed by atoms with Crippen molar-refractivity contribution >= 4 is 22.7 Å². The summed E-state index contributed by atoms with van der Waals surface area (Å²) < 4.78 is 78.2. The lowest BCUT2D eigenvalue weighted by Crippen LogP contribution is -2.21. The Labute approximate surface area is 200 Å². The van der Waals surface area contributed by atoms with E-state index in [1.54, 1.807) is 5.43 Å². The third-order valence-electron chi connectivity index (χ3n) is 4.69. The maximum Gasteiger partial charge on any atom is 0.418 e. The van der Waals surface area contributed by atoms with Crippen LogP contribution in [0.4, 0.5) is 49.1 Å². The zero-order chi connectivity index (χ0) is 27.7. The average Bonchev–Trinajstić information content (AvgIpc) is 2.79. The number of hydrogen-bond acceptors (Lipinski definition) is 7. The predicted octanol–water partition coefficient (Wildman–Crippen LogP) is 7.00. The number of nitrogens with zero attached hydrogens (tertiary/aromatic N) is 5. The van der Waals surface area contributed by atoms with Gasteiger partial charge >= 0.3 is 12.4 Å². The molecule has 198 valence electrons. The van der Waals surface area contributed by atoms with Crippen LogP contribution in [0.25, 0.3) is 0 Å². The van der Waals surface area contributed by atoms with Gasteiger partial charge in [0.1, 0.15) is 5.69 Å². The molecule has 0 heterocycles. The Morgan fingerprint density at radius 1 is 0.806 bits per heavy atom. The molecule has 0 aliphatic carbocycles. The van der Waals surface area contributed by atoms with Crippen LogP contribution in [0, 0.1) is 20.2 Å². The quantitative estimate of drug-likeness (QED) is 0.171. The van der Waals surface area contributed by atoms with E-state index in [4.69, 9.17) is 0 Å². The average molecular weight is 524 g/mol. The van der Waals surface area contributed by atoms with Crippen LogP contribution in [0.15, 0.2) is 46.7 Å². The molecule has 0 radical (unpaired) electrons. The minimum absolute atomic E-state index is 0.196. The molecule has 0 bridgehead atoms. The first-order valence-electron chi connectivity index (χ1n) is 10.3. The van der Waals surface area contributed by atoms with E-state index in [2.05, 4.69) is 36.0 Å². The fourth-order valence-corrected chi connectivity index (χ4v) is 2.73. The lowest BCUT2D eigenvalue weighted by atomic mass is 10.1. The number of nitrogens with one attached hydrogen (secondary N) is 1. The minimum atomic E-state index is -5.05. The highest BCUT2D eigenvalue weighted by atomic mass is 19.4. The van der Waals surface area contributed by atoms with E-state index in [9.17, 15) is 46.6 Å². The number of anilines is 1. The number of nitro benzene ring substituents is 2. The molecule has 2 aromatic carbocycles. The van der Waals surface area contributed by atoms with Crippen LogP contribution in [0.2, 0.25) is 0 Å². The molecule has 0 aliphatic heterocycles. The van der Waals surface area contributed by atoms with Gasteiger partial charge in [0, 0.05) is 24.3 Å². The van der Waals surface area contributed by atoms with E-state index >= 15 is 0 Å². The van der Waals surface area contributed by atoms with Gasteiger partial charge in [-0.15, -0.1) is 5.11 Å². The van der Waals surface area contributed by atoms with Crippen molar-refractivity contribution in [2.24, 2.45) is 10.3 Å². The van der Waals surface area contributed by atoms with Crippen molar-refractivity contribution < 1.29 is 36.2 Å². The highest BCUT2D eigenvalue weighted by Gasteiger charge is 2.36. The first-order chi connectivity index (χ1) is 16.6. The maximum absolute atomic E-state index is 13.0. The molecule has 1 N–H and O–H groups in total. The fourth-order valence-electron chi connectivity index (χ4n) is 2.73. The summed E-state index contributed by atoms with van der Waals surface area (Å²) in [6.45, 7) is 10.1. The van der Waals surface area contributed by atoms with Crippen molar-refractivity contribution in [3.63, 3.8) is 0 Å². The maximum atomic E-state index is 13.0. The molecule has 16 heteroatoms. The summed E-state index contributed by atoms with van der Waals surface area (Å²) >= 11 is 0. The molecule has 0 amide bonds. The predicted molar refractivity (Wildman–Crippen MR) is 118 cm³/mol. The smallest absolute Gasteiger partial charge is 0.304 e. The monoisotopic (exact) mass is 524 g/mol. The topological polar surface area (TPSA) is 126 Å². The lowest BCUT2D eigenvalue weighted by Gasteiger charge is -2.13. The Kier molecular flexibility index (Phi) is 10.7. The summed E-state index contributed by atoms with van der Waals surface area (Å²) in [5.41, 5.74) is -4.70. The zero-order valence-electron chi connectivity index (χ0n) is 19.2. The summed E-state index contributed by atoms with van der Waals surface area (Å²) in [7, 11) is 0. The van der Waals surface area contributed by atoms with E-state index < -0.39 is 56.1 Å². The summed E-state index contributed by atoms with van der Waals surface area (Å²) in [5.74, 6) is 0. The highest BCUT2D eigenvalue weighted by Crippen LogP contribution is 2.39. The van der Waals surface area contributed by atoms with Crippen LogP contribution >= 0.6 is 0 Å². The molecule has 0 saturated heterocycles. The summed E-state index contributed by atoms with van der Waals surface area (Å²) in [6.07, 6.45) is -10.1. The lowest BCUT2D eigenvalue weighted by molar-refractivity contribution is -0.385. The van der Waals surface area contributed by atoms with E-state index in [1.807, 2.05) is 0 Å². The molecule has 2 rings (SSSR count). The Balaban J connectivity index is 0.000000809. The van der Waals surface area contributed by atoms with Gasteiger partial charge < -0.3 is 4.90 Å². The van der Waals surface area contributed by atoms with Crippen molar-refractivity contribution in [2.75, 3.05) is 25.1 Å². The van der Waals surface area contributed by atoms with E-state index in [-0.39, 0.29) is 12.1 Å². The molecule has 10 nitrogen and oxygen atoms in total. The van der Waals surface area contributed by atoms with Gasteiger partial charge in [-0.1, -0.05) is 26.0 Å². The molecule has 0 aliphatic rings. The van der Waals surface area contributed by atoms with Crippen LogP contribution in [0.3, 0.4) is 0 Å². The van der Waals surface area contributed by atoms with Gasteiger partial charge in [-0.3, -0.25) is 25.7 Å². The zero-order valence-corrected chi connectivity index (χ0v) is 19.2. The molecule has 2 aromatic rings. The molecule has 0 spiro atoms. The second kappa shape index (κ2) is 12.8. The fraction of sp³-hybridized carbons (Fsp3) is 0.400. The van der Waals surface area contributed by atoms with Gasteiger partial charge in [0.25, 0.3) is 11.4 Å². The molecule has 0 unspecified atom stereocenters. The number of halogens is 6. The molecule has 0 aromatic heterocycles. The van der Waals surface area contributed by atoms with Crippen LogP contribution in [0.5, 0.6) is 0 Å². The second-order valence-corrected chi connectivity index (χ2v) is 6.87. The van der Waals surface area contributed by atoms with Crippen LogP contribution < -0.4 is 5.43 Å². The molecule has 36 heavy (non-hydrogen) atoms. The third kappa shape index (κ3) is 8.75. The summed E-state index contributed by atoms with van der Waals surface area (Å²) in [4.78, 5) is 21.5. The van der Waals surface area contributed by atoms with E-state index in [1.165, 1.54) is 19.6 Å². The van der Waals surface area contributed by atoms with Gasteiger partial charge in [0.15, 0.2) is 0 Å². The first kappa shape index (κ1) is 30.2. The third-order valence-corrected chi connectivity index (χ3v) is 4.69. The molecule has 0 atom stereocenters. The first-order valence-corrected chi connectivity index (χ1v) is 10.3. The normalized spacial score (nSPS) is 11.8. The number of benzene rings is 2. The van der Waals surface area contributed by atoms with Crippen LogP contribution in [0.1, 0.15) is 31.9 Å². The molecule has 0 saturated carbocycles. The van der Waals surface area contributed by atoms with Gasteiger partial charge in [-0.2, -0.15) is 26.3 Å². The summed E-state index contributed by atoms with van der Waals surface area (Å²) in [6, 6.07) is 3.11. The highest BCUT2D eigenvalue weighted by molar-refractivity contribution is 5.57. The second-order valence-electron chi connectivity index (χ2n) is 6.87. The molecular formula is C20H22F6N6O4. The number of nitro groups is 2. The Bertz CT molecular complexity index is 1080. The van der Waals surface area contributed by atoms with Gasteiger partial charge in [-0.05, 0) is 31.8 Å². The molecular weight excluding hydrogens is 502 g/mol. The van der Waals surface area contributed by atoms with Crippen LogP contribution in [-0.4, -0.2) is 34.4 Å². The molecule has 0 fully saturated rings. The number of rotatable bonds is 8. The number of hydrogen-bond donors (Lipinski definition) is 1. The van der Waals surface area contributed by atoms with Crippen molar-refractivity contribution in [3.05, 3.63) is 67.8 Å².